The van der Waals surface area contributed by atoms with Crippen molar-refractivity contribution in [2.24, 2.45) is 5.92 Å². The first-order chi connectivity index (χ1) is 13.3. The molecular formula is C21H25FN2O3S. The van der Waals surface area contributed by atoms with E-state index in [9.17, 15) is 17.6 Å². The van der Waals surface area contributed by atoms with E-state index in [2.05, 4.69) is 19.2 Å². The second-order valence-corrected chi connectivity index (χ2v) is 9.30. The summed E-state index contributed by atoms with van der Waals surface area (Å²) in [4.78, 5) is 12.8. The first-order valence-electron chi connectivity index (χ1n) is 9.44. The Morgan fingerprint density at radius 3 is 2.29 bits per heavy atom. The average Bonchev–Trinajstić information content (AvgIpc) is 2.68. The first-order valence-corrected chi connectivity index (χ1v) is 10.9. The molecule has 0 aromatic heterocycles. The van der Waals surface area contributed by atoms with Gasteiger partial charge in [0.2, 0.25) is 15.9 Å². The van der Waals surface area contributed by atoms with Crippen LogP contribution in [0.5, 0.6) is 0 Å². The van der Waals surface area contributed by atoms with Gasteiger partial charge < -0.3 is 5.32 Å². The minimum atomic E-state index is -3.67. The number of para-hydroxylation sites is 1. The molecule has 28 heavy (non-hydrogen) atoms. The van der Waals surface area contributed by atoms with Gasteiger partial charge in [-0.3, -0.25) is 4.79 Å². The fourth-order valence-electron chi connectivity index (χ4n) is 3.46. The standard InChI is InChI=1S/C21H25FN2O3S/c1-15(2)19-5-3-4-6-20(19)23-21(25)16-11-13-24(14-12-16)28(26,27)18-9-7-17(22)8-10-18/h3-10,15-16H,11-14H2,1-2H3,(H,23,25). The van der Waals surface area contributed by atoms with E-state index in [0.717, 1.165) is 23.4 Å². The van der Waals surface area contributed by atoms with Crippen LogP contribution in [0.4, 0.5) is 10.1 Å². The molecule has 0 spiro atoms. The van der Waals surface area contributed by atoms with Gasteiger partial charge in [-0.1, -0.05) is 32.0 Å². The molecule has 0 radical (unpaired) electrons. The van der Waals surface area contributed by atoms with Crippen molar-refractivity contribution in [2.75, 3.05) is 18.4 Å². The van der Waals surface area contributed by atoms with Gasteiger partial charge in [0.1, 0.15) is 5.82 Å². The smallest absolute Gasteiger partial charge is 0.243 e. The normalized spacial score (nSPS) is 16.3. The van der Waals surface area contributed by atoms with Crippen LogP contribution in [0, 0.1) is 11.7 Å². The fourth-order valence-corrected chi connectivity index (χ4v) is 4.93. The summed E-state index contributed by atoms with van der Waals surface area (Å²) in [6, 6.07) is 12.5. The summed E-state index contributed by atoms with van der Waals surface area (Å²) < 4.78 is 39.8. The van der Waals surface area contributed by atoms with E-state index in [4.69, 9.17) is 0 Å². The molecule has 0 saturated carbocycles. The van der Waals surface area contributed by atoms with Crippen molar-refractivity contribution in [1.82, 2.24) is 4.31 Å². The summed E-state index contributed by atoms with van der Waals surface area (Å²) in [6.07, 6.45) is 0.909. The van der Waals surface area contributed by atoms with E-state index < -0.39 is 15.8 Å². The van der Waals surface area contributed by atoms with Gasteiger partial charge in [0.05, 0.1) is 4.90 Å². The number of amides is 1. The van der Waals surface area contributed by atoms with Crippen LogP contribution >= 0.6 is 0 Å². The number of carbonyl (C=O) groups is 1. The van der Waals surface area contributed by atoms with E-state index in [-0.39, 0.29) is 29.8 Å². The first kappa shape index (κ1) is 20.5. The predicted octanol–water partition coefficient (Wildman–Crippen LogP) is 3.99. The third-order valence-electron chi connectivity index (χ3n) is 5.12. The molecule has 7 heteroatoms. The quantitative estimate of drug-likeness (QED) is 0.819. The molecule has 0 atom stereocenters. The third-order valence-corrected chi connectivity index (χ3v) is 7.03. The van der Waals surface area contributed by atoms with Gasteiger partial charge in [0.15, 0.2) is 0 Å². The van der Waals surface area contributed by atoms with Crippen LogP contribution in [-0.2, 0) is 14.8 Å². The van der Waals surface area contributed by atoms with Gasteiger partial charge in [-0.2, -0.15) is 4.31 Å². The lowest BCUT2D eigenvalue weighted by Gasteiger charge is -2.30. The number of piperidine rings is 1. The molecule has 5 nitrogen and oxygen atoms in total. The summed E-state index contributed by atoms with van der Waals surface area (Å²) in [5, 5.41) is 3.00. The van der Waals surface area contributed by atoms with Crippen LogP contribution < -0.4 is 5.32 Å². The number of benzene rings is 2. The lowest BCUT2D eigenvalue weighted by molar-refractivity contribution is -0.120. The Bertz CT molecular complexity index is 934. The lowest BCUT2D eigenvalue weighted by Crippen LogP contribution is -2.41. The zero-order valence-corrected chi connectivity index (χ0v) is 16.9. The molecule has 1 aliphatic rings. The van der Waals surface area contributed by atoms with Gasteiger partial charge in [-0.05, 0) is 54.7 Å². The maximum atomic E-state index is 13.1. The van der Waals surface area contributed by atoms with Crippen molar-refractivity contribution in [1.29, 1.82) is 0 Å². The number of hydrogen-bond donors (Lipinski definition) is 1. The molecule has 3 rings (SSSR count). The Labute approximate surface area is 165 Å². The van der Waals surface area contributed by atoms with Gasteiger partial charge in [0.25, 0.3) is 0 Å². The number of halogens is 1. The van der Waals surface area contributed by atoms with Crippen molar-refractivity contribution in [2.45, 2.75) is 37.5 Å². The Kier molecular flexibility index (Phi) is 6.15. The number of anilines is 1. The molecule has 2 aromatic carbocycles. The molecule has 0 unspecified atom stereocenters. The largest absolute Gasteiger partial charge is 0.326 e. The van der Waals surface area contributed by atoms with Crippen LogP contribution in [0.1, 0.15) is 38.2 Å². The van der Waals surface area contributed by atoms with Crippen LogP contribution in [0.3, 0.4) is 0 Å². The van der Waals surface area contributed by atoms with Crippen molar-refractivity contribution < 1.29 is 17.6 Å². The maximum Gasteiger partial charge on any atom is 0.243 e. The van der Waals surface area contributed by atoms with E-state index >= 15 is 0 Å². The average molecular weight is 405 g/mol. The summed E-state index contributed by atoms with van der Waals surface area (Å²) in [7, 11) is -3.67. The van der Waals surface area contributed by atoms with Gasteiger partial charge in [-0.25, -0.2) is 12.8 Å². The van der Waals surface area contributed by atoms with Crippen LogP contribution in [-0.4, -0.2) is 31.7 Å². The molecular weight excluding hydrogens is 379 g/mol. The summed E-state index contributed by atoms with van der Waals surface area (Å²) in [5.41, 5.74) is 1.89. The Morgan fingerprint density at radius 1 is 1.07 bits per heavy atom. The molecule has 150 valence electrons. The fraction of sp³-hybridized carbons (Fsp3) is 0.381. The van der Waals surface area contributed by atoms with Crippen molar-refractivity contribution in [3.8, 4) is 0 Å². The molecule has 1 heterocycles. The number of sulfonamides is 1. The maximum absolute atomic E-state index is 13.1. The highest BCUT2D eigenvalue weighted by Gasteiger charge is 2.32. The highest BCUT2D eigenvalue weighted by Crippen LogP contribution is 2.27. The molecule has 1 fully saturated rings. The molecule has 1 amide bonds. The summed E-state index contributed by atoms with van der Waals surface area (Å²) in [5.74, 6) is -0.498. The highest BCUT2D eigenvalue weighted by atomic mass is 32.2. The number of carbonyl (C=O) groups excluding carboxylic acids is 1. The minimum Gasteiger partial charge on any atom is -0.326 e. The van der Waals surface area contributed by atoms with Gasteiger partial charge >= 0.3 is 0 Å². The lowest BCUT2D eigenvalue weighted by atomic mass is 9.96. The molecule has 0 aliphatic carbocycles. The van der Waals surface area contributed by atoms with Crippen molar-refractivity contribution in [3.05, 3.63) is 59.9 Å². The predicted molar refractivity (Wildman–Crippen MR) is 107 cm³/mol. The van der Waals surface area contributed by atoms with Crippen LogP contribution in [0.2, 0.25) is 0 Å². The van der Waals surface area contributed by atoms with E-state index in [0.29, 0.717) is 18.8 Å². The number of rotatable bonds is 5. The van der Waals surface area contributed by atoms with E-state index in [1.165, 1.54) is 16.4 Å². The second-order valence-electron chi connectivity index (χ2n) is 7.36. The Morgan fingerprint density at radius 2 is 1.68 bits per heavy atom. The number of nitrogens with zero attached hydrogens (tertiary/aromatic N) is 1. The Hall–Kier alpha value is -2.25. The van der Waals surface area contributed by atoms with Gasteiger partial charge in [0, 0.05) is 24.7 Å². The van der Waals surface area contributed by atoms with Crippen LogP contribution in [0.15, 0.2) is 53.4 Å². The zero-order chi connectivity index (χ0) is 20.3. The van der Waals surface area contributed by atoms with Crippen molar-refractivity contribution >= 4 is 21.6 Å². The molecule has 0 bridgehead atoms. The number of hydrogen-bond acceptors (Lipinski definition) is 3. The third kappa shape index (κ3) is 4.42. The Balaban J connectivity index is 1.64. The zero-order valence-electron chi connectivity index (χ0n) is 16.1. The summed E-state index contributed by atoms with van der Waals surface area (Å²) in [6.45, 7) is 4.68. The SMILES string of the molecule is CC(C)c1ccccc1NC(=O)C1CCN(S(=O)(=O)c2ccc(F)cc2)CC1. The summed E-state index contributed by atoms with van der Waals surface area (Å²) >= 11 is 0. The van der Waals surface area contributed by atoms with Crippen molar-refractivity contribution in [3.63, 3.8) is 0 Å². The monoisotopic (exact) mass is 404 g/mol. The topological polar surface area (TPSA) is 66.5 Å². The second kappa shape index (κ2) is 8.41. The molecule has 1 saturated heterocycles. The molecule has 2 aromatic rings. The minimum absolute atomic E-state index is 0.0719. The number of nitrogens with one attached hydrogen (secondary N) is 1. The molecule has 1 aliphatic heterocycles. The van der Waals surface area contributed by atoms with E-state index in [1.807, 2.05) is 24.3 Å². The van der Waals surface area contributed by atoms with E-state index in [1.54, 1.807) is 0 Å². The highest BCUT2D eigenvalue weighted by molar-refractivity contribution is 7.89. The van der Waals surface area contributed by atoms with Crippen LogP contribution in [0.25, 0.3) is 0 Å². The van der Waals surface area contributed by atoms with Gasteiger partial charge in [-0.15, -0.1) is 0 Å². The molecule has 1 N–H and O–H groups in total.